The van der Waals surface area contributed by atoms with E-state index in [4.69, 9.17) is 11.5 Å². The van der Waals surface area contributed by atoms with Gasteiger partial charge in [-0.3, -0.25) is 14.5 Å². The molecule has 0 unspecified atom stereocenters. The Morgan fingerprint density at radius 2 is 2.00 bits per heavy atom. The number of benzene rings is 1. The summed E-state index contributed by atoms with van der Waals surface area (Å²) in [5, 5.41) is 2.77. The maximum absolute atomic E-state index is 11.8. The molecule has 0 aliphatic carbocycles. The third-order valence-electron chi connectivity index (χ3n) is 2.94. The number of nitrogens with one attached hydrogen (secondary N) is 1. The summed E-state index contributed by atoms with van der Waals surface area (Å²) in [6.45, 7) is 3.57. The van der Waals surface area contributed by atoms with Gasteiger partial charge in [-0.2, -0.15) is 0 Å². The summed E-state index contributed by atoms with van der Waals surface area (Å²) >= 11 is 0. The van der Waals surface area contributed by atoms with E-state index in [0.29, 0.717) is 30.8 Å². The number of nitrogens with two attached hydrogens (primary N) is 2. The molecule has 0 heterocycles. The monoisotopic (exact) mass is 278 g/mol. The molecule has 0 fully saturated rings. The van der Waals surface area contributed by atoms with Crippen LogP contribution in [0.1, 0.15) is 19.8 Å². The molecule has 0 aliphatic rings. The van der Waals surface area contributed by atoms with Gasteiger partial charge in [-0.15, -0.1) is 0 Å². The normalized spacial score (nSPS) is 10.5. The second-order valence-corrected chi connectivity index (χ2v) is 4.57. The van der Waals surface area contributed by atoms with E-state index in [1.165, 1.54) is 0 Å². The minimum Gasteiger partial charge on any atom is -0.397 e. The van der Waals surface area contributed by atoms with Gasteiger partial charge in [-0.25, -0.2) is 0 Å². The van der Waals surface area contributed by atoms with Crippen molar-refractivity contribution in [3.63, 3.8) is 0 Å². The van der Waals surface area contributed by atoms with Crippen LogP contribution < -0.4 is 16.8 Å². The minimum absolute atomic E-state index is 0.0852. The first-order valence-electron chi connectivity index (χ1n) is 6.68. The van der Waals surface area contributed by atoms with Crippen LogP contribution in [0.3, 0.4) is 0 Å². The number of anilines is 2. The molecule has 20 heavy (non-hydrogen) atoms. The van der Waals surface area contributed by atoms with Gasteiger partial charge in [0.25, 0.3) is 0 Å². The van der Waals surface area contributed by atoms with Crippen LogP contribution in [-0.2, 0) is 9.59 Å². The Morgan fingerprint density at radius 3 is 2.60 bits per heavy atom. The number of hydrogen-bond donors (Lipinski definition) is 3. The van der Waals surface area contributed by atoms with Crippen LogP contribution in [0.25, 0.3) is 0 Å². The summed E-state index contributed by atoms with van der Waals surface area (Å²) < 4.78 is 0. The molecule has 2 amide bonds. The molecule has 0 spiro atoms. The molecular weight excluding hydrogens is 256 g/mol. The summed E-state index contributed by atoms with van der Waals surface area (Å²) in [4.78, 5) is 24.5. The first kappa shape index (κ1) is 16.0. The van der Waals surface area contributed by atoms with Crippen LogP contribution in [0.5, 0.6) is 0 Å². The van der Waals surface area contributed by atoms with Crippen molar-refractivity contribution in [2.24, 2.45) is 5.73 Å². The molecule has 0 saturated heterocycles. The molecule has 110 valence electrons. The molecule has 6 nitrogen and oxygen atoms in total. The highest BCUT2D eigenvalue weighted by Gasteiger charge is 2.08. The zero-order valence-electron chi connectivity index (χ0n) is 11.8. The number of amides is 2. The first-order valence-corrected chi connectivity index (χ1v) is 6.68. The Kier molecular flexibility index (Phi) is 6.52. The average molecular weight is 278 g/mol. The van der Waals surface area contributed by atoms with E-state index in [0.717, 1.165) is 6.54 Å². The fourth-order valence-corrected chi connectivity index (χ4v) is 1.86. The summed E-state index contributed by atoms with van der Waals surface area (Å²) in [6.07, 6.45) is 1.04. The molecule has 0 atom stereocenters. The van der Waals surface area contributed by atoms with Crippen molar-refractivity contribution in [2.45, 2.75) is 19.8 Å². The molecule has 0 aliphatic heterocycles. The van der Waals surface area contributed by atoms with Gasteiger partial charge in [0.2, 0.25) is 11.8 Å². The van der Waals surface area contributed by atoms with E-state index in [2.05, 4.69) is 5.32 Å². The van der Waals surface area contributed by atoms with Crippen molar-refractivity contribution in [2.75, 3.05) is 30.7 Å². The second-order valence-electron chi connectivity index (χ2n) is 4.57. The molecule has 1 aromatic rings. The number of nitrogen functional groups attached to an aromatic ring is 1. The predicted molar refractivity (Wildman–Crippen MR) is 80.0 cm³/mol. The Balaban J connectivity index is 2.33. The molecule has 5 N–H and O–H groups in total. The van der Waals surface area contributed by atoms with Crippen molar-refractivity contribution < 1.29 is 9.59 Å². The molecule has 1 aromatic carbocycles. The largest absolute Gasteiger partial charge is 0.397 e. The lowest BCUT2D eigenvalue weighted by atomic mass is 10.2. The number of para-hydroxylation sites is 2. The zero-order chi connectivity index (χ0) is 15.0. The van der Waals surface area contributed by atoms with Crippen molar-refractivity contribution >= 4 is 23.2 Å². The fourth-order valence-electron chi connectivity index (χ4n) is 1.86. The Labute approximate surface area is 119 Å². The van der Waals surface area contributed by atoms with E-state index in [1.807, 2.05) is 24.0 Å². The molecule has 0 radical (unpaired) electrons. The van der Waals surface area contributed by atoms with Gasteiger partial charge in [0.1, 0.15) is 0 Å². The number of rotatable bonds is 8. The third kappa shape index (κ3) is 5.71. The highest BCUT2D eigenvalue weighted by molar-refractivity contribution is 5.93. The minimum atomic E-state index is -0.353. The SMILES string of the molecule is CCN(CCCC(=O)Nc1ccccc1N)CC(N)=O. The molecular formula is C14H22N4O2. The van der Waals surface area contributed by atoms with E-state index < -0.39 is 0 Å². The Hall–Kier alpha value is -2.08. The van der Waals surface area contributed by atoms with Gasteiger partial charge >= 0.3 is 0 Å². The van der Waals surface area contributed by atoms with Gasteiger partial charge in [0.15, 0.2) is 0 Å². The fraction of sp³-hybridized carbons (Fsp3) is 0.429. The quantitative estimate of drug-likeness (QED) is 0.612. The van der Waals surface area contributed by atoms with Crippen LogP contribution in [-0.4, -0.2) is 36.3 Å². The lowest BCUT2D eigenvalue weighted by molar-refractivity contribution is -0.119. The number of likely N-dealkylation sites (N-methyl/N-ethyl adjacent to an activating group) is 1. The van der Waals surface area contributed by atoms with Gasteiger partial charge in [0.05, 0.1) is 17.9 Å². The highest BCUT2D eigenvalue weighted by atomic mass is 16.2. The Bertz CT molecular complexity index is 462. The lowest BCUT2D eigenvalue weighted by Gasteiger charge is -2.18. The van der Waals surface area contributed by atoms with Gasteiger partial charge in [-0.1, -0.05) is 19.1 Å². The van der Waals surface area contributed by atoms with Crippen LogP contribution in [0, 0.1) is 0 Å². The van der Waals surface area contributed by atoms with Crippen LogP contribution >= 0.6 is 0 Å². The number of carbonyl (C=O) groups excluding carboxylic acids is 2. The number of hydrogen-bond acceptors (Lipinski definition) is 4. The van der Waals surface area contributed by atoms with E-state index in [-0.39, 0.29) is 18.4 Å². The van der Waals surface area contributed by atoms with Crippen LogP contribution in [0.4, 0.5) is 11.4 Å². The third-order valence-corrected chi connectivity index (χ3v) is 2.94. The Morgan fingerprint density at radius 1 is 1.30 bits per heavy atom. The van der Waals surface area contributed by atoms with E-state index >= 15 is 0 Å². The maximum Gasteiger partial charge on any atom is 0.231 e. The number of carbonyl (C=O) groups is 2. The standard InChI is InChI=1S/C14H22N4O2/c1-2-18(10-13(16)19)9-5-8-14(20)17-12-7-4-3-6-11(12)15/h3-4,6-7H,2,5,8-10,15H2,1H3,(H2,16,19)(H,17,20). The van der Waals surface area contributed by atoms with Crippen molar-refractivity contribution in [1.82, 2.24) is 4.90 Å². The predicted octanol–water partition coefficient (Wildman–Crippen LogP) is 0.795. The molecule has 0 aromatic heterocycles. The molecule has 6 heteroatoms. The van der Waals surface area contributed by atoms with E-state index in [1.54, 1.807) is 12.1 Å². The van der Waals surface area contributed by atoms with Gasteiger partial charge in [-0.05, 0) is 31.6 Å². The van der Waals surface area contributed by atoms with Crippen molar-refractivity contribution in [3.8, 4) is 0 Å². The van der Waals surface area contributed by atoms with Gasteiger partial charge in [0, 0.05) is 6.42 Å². The summed E-state index contributed by atoms with van der Waals surface area (Å²) in [5.74, 6) is -0.439. The lowest BCUT2D eigenvalue weighted by Crippen LogP contribution is -2.34. The summed E-state index contributed by atoms with van der Waals surface area (Å²) in [6, 6.07) is 7.13. The topological polar surface area (TPSA) is 101 Å². The van der Waals surface area contributed by atoms with Crippen molar-refractivity contribution in [3.05, 3.63) is 24.3 Å². The number of primary amides is 1. The molecule has 0 bridgehead atoms. The smallest absolute Gasteiger partial charge is 0.231 e. The molecule has 1 rings (SSSR count). The molecule has 0 saturated carbocycles. The second kappa shape index (κ2) is 8.16. The van der Waals surface area contributed by atoms with Crippen molar-refractivity contribution in [1.29, 1.82) is 0 Å². The number of nitrogens with zero attached hydrogens (tertiary/aromatic N) is 1. The summed E-state index contributed by atoms with van der Waals surface area (Å²) in [7, 11) is 0. The summed E-state index contributed by atoms with van der Waals surface area (Å²) in [5.41, 5.74) is 12.1. The maximum atomic E-state index is 11.8. The van der Waals surface area contributed by atoms with Crippen LogP contribution in [0.15, 0.2) is 24.3 Å². The first-order chi connectivity index (χ1) is 9.52. The van der Waals surface area contributed by atoms with Gasteiger partial charge < -0.3 is 16.8 Å². The van der Waals surface area contributed by atoms with E-state index in [9.17, 15) is 9.59 Å². The zero-order valence-corrected chi connectivity index (χ0v) is 11.8. The van der Waals surface area contributed by atoms with Crippen LogP contribution in [0.2, 0.25) is 0 Å². The highest BCUT2D eigenvalue weighted by Crippen LogP contribution is 2.16. The average Bonchev–Trinajstić information content (AvgIpc) is 2.40.